The van der Waals surface area contributed by atoms with Crippen LogP contribution in [0.1, 0.15) is 42.3 Å². The van der Waals surface area contributed by atoms with Crippen LogP contribution in [0.2, 0.25) is 0 Å². The van der Waals surface area contributed by atoms with Gasteiger partial charge in [0.15, 0.2) is 0 Å². The van der Waals surface area contributed by atoms with Gasteiger partial charge in [-0.1, -0.05) is 0 Å². The van der Waals surface area contributed by atoms with E-state index < -0.39 is 0 Å². The summed E-state index contributed by atoms with van der Waals surface area (Å²) < 4.78 is 7.75. The summed E-state index contributed by atoms with van der Waals surface area (Å²) in [6, 6.07) is 6.35. The van der Waals surface area contributed by atoms with Crippen LogP contribution in [-0.4, -0.2) is 33.8 Å². The molecule has 0 atom stereocenters. The molecule has 0 fully saturated rings. The fraction of sp³-hybridized carbons (Fsp3) is 0.476. The molecule has 1 aliphatic carbocycles. The Hall–Kier alpha value is -2.27. The van der Waals surface area contributed by atoms with Crippen LogP contribution in [-0.2, 0) is 32.5 Å². The van der Waals surface area contributed by atoms with Gasteiger partial charge >= 0.3 is 0 Å². The summed E-state index contributed by atoms with van der Waals surface area (Å²) in [6.45, 7) is 4.94. The summed E-state index contributed by atoms with van der Waals surface area (Å²) in [5.74, 6) is 0.914. The van der Waals surface area contributed by atoms with E-state index in [-0.39, 0.29) is 0 Å². The fourth-order valence-corrected chi connectivity index (χ4v) is 4.15. The molecule has 0 bridgehead atoms. The van der Waals surface area contributed by atoms with Crippen molar-refractivity contribution in [2.24, 2.45) is 0 Å². The Morgan fingerprint density at radius 2 is 2.08 bits per heavy atom. The van der Waals surface area contributed by atoms with Crippen LogP contribution in [0, 0.1) is 0 Å². The zero-order chi connectivity index (χ0) is 18.1. The van der Waals surface area contributed by atoms with Gasteiger partial charge in [-0.15, -0.1) is 0 Å². The van der Waals surface area contributed by atoms with E-state index >= 15 is 0 Å². The molecule has 26 heavy (non-hydrogen) atoms. The first kappa shape index (κ1) is 17.2. The number of hydrogen-bond acceptors (Lipinski definition) is 3. The van der Waals surface area contributed by atoms with Gasteiger partial charge in [0.1, 0.15) is 5.75 Å². The van der Waals surface area contributed by atoms with Crippen molar-refractivity contribution in [3.8, 4) is 5.75 Å². The standard InChI is InChI=1S/C21H28N4O/c1-4-25-13-15(18-11-16(26-3)9-10-21(18)25)12-24(2)14-20-17-7-5-6-8-19(17)22-23-20/h9-11,13H,4-8,12,14H2,1-3H3,(H,22,23). The first-order valence-electron chi connectivity index (χ1n) is 9.59. The van der Waals surface area contributed by atoms with Gasteiger partial charge in [-0.05, 0) is 69.0 Å². The molecule has 1 N–H and O–H groups in total. The predicted molar refractivity (Wildman–Crippen MR) is 105 cm³/mol. The third kappa shape index (κ3) is 3.12. The number of aryl methyl sites for hydroxylation is 2. The molecular formula is C21H28N4O. The van der Waals surface area contributed by atoms with Crippen molar-refractivity contribution < 1.29 is 4.74 Å². The Bertz CT molecular complexity index is 908. The molecule has 0 radical (unpaired) electrons. The van der Waals surface area contributed by atoms with Crippen molar-refractivity contribution in [2.75, 3.05) is 14.2 Å². The van der Waals surface area contributed by atoms with Gasteiger partial charge in [-0.3, -0.25) is 10.00 Å². The Labute approximate surface area is 155 Å². The summed E-state index contributed by atoms with van der Waals surface area (Å²) in [6.07, 6.45) is 7.16. The highest BCUT2D eigenvalue weighted by Gasteiger charge is 2.18. The number of fused-ring (bicyclic) bond motifs is 2. The number of H-pyrrole nitrogens is 1. The lowest BCUT2D eigenvalue weighted by Crippen LogP contribution is -2.18. The molecule has 2 aromatic heterocycles. The van der Waals surface area contributed by atoms with Crippen LogP contribution in [0.5, 0.6) is 5.75 Å². The molecule has 4 rings (SSSR count). The number of rotatable bonds is 6. The van der Waals surface area contributed by atoms with E-state index in [2.05, 4.69) is 52.0 Å². The summed E-state index contributed by atoms with van der Waals surface area (Å²) in [5.41, 5.74) is 6.65. The average Bonchev–Trinajstić information content (AvgIpc) is 3.23. The minimum absolute atomic E-state index is 0.884. The normalized spacial score (nSPS) is 14.2. The third-order valence-electron chi connectivity index (χ3n) is 5.51. The lowest BCUT2D eigenvalue weighted by Gasteiger charge is -2.17. The van der Waals surface area contributed by atoms with Gasteiger partial charge in [0.2, 0.25) is 0 Å². The molecule has 0 aliphatic heterocycles. The number of aromatic amines is 1. The maximum atomic E-state index is 5.44. The van der Waals surface area contributed by atoms with E-state index in [0.717, 1.165) is 31.8 Å². The van der Waals surface area contributed by atoms with Gasteiger partial charge < -0.3 is 9.30 Å². The number of benzene rings is 1. The number of aromatic nitrogens is 3. The van der Waals surface area contributed by atoms with Crippen molar-refractivity contribution >= 4 is 10.9 Å². The summed E-state index contributed by atoms with van der Waals surface area (Å²) >= 11 is 0. The highest BCUT2D eigenvalue weighted by Crippen LogP contribution is 2.28. The van der Waals surface area contributed by atoms with Crippen LogP contribution >= 0.6 is 0 Å². The molecule has 138 valence electrons. The molecule has 3 aromatic rings. The van der Waals surface area contributed by atoms with Crippen molar-refractivity contribution in [2.45, 2.75) is 52.2 Å². The van der Waals surface area contributed by atoms with Crippen molar-refractivity contribution in [3.05, 3.63) is 46.9 Å². The monoisotopic (exact) mass is 352 g/mol. The number of methoxy groups -OCH3 is 1. The van der Waals surface area contributed by atoms with Gasteiger partial charge in [-0.2, -0.15) is 5.10 Å². The Kier molecular flexibility index (Phi) is 4.72. The molecule has 0 saturated heterocycles. The van der Waals surface area contributed by atoms with Crippen molar-refractivity contribution in [1.82, 2.24) is 19.7 Å². The van der Waals surface area contributed by atoms with Gasteiger partial charge in [0, 0.05) is 42.4 Å². The number of nitrogens with zero attached hydrogens (tertiary/aromatic N) is 3. The largest absolute Gasteiger partial charge is 0.497 e. The zero-order valence-corrected chi connectivity index (χ0v) is 16.0. The molecule has 0 saturated carbocycles. The minimum atomic E-state index is 0.884. The van der Waals surface area contributed by atoms with Gasteiger partial charge in [0.25, 0.3) is 0 Å². The predicted octanol–water partition coefficient (Wildman–Crippen LogP) is 3.90. The third-order valence-corrected chi connectivity index (χ3v) is 5.51. The van der Waals surface area contributed by atoms with Crippen LogP contribution in [0.15, 0.2) is 24.4 Å². The van der Waals surface area contributed by atoms with E-state index in [9.17, 15) is 0 Å². The molecular weight excluding hydrogens is 324 g/mol. The summed E-state index contributed by atoms with van der Waals surface area (Å²) in [7, 11) is 3.91. The summed E-state index contributed by atoms with van der Waals surface area (Å²) in [5, 5.41) is 9.13. The Morgan fingerprint density at radius 1 is 1.23 bits per heavy atom. The number of ether oxygens (including phenoxy) is 1. The van der Waals surface area contributed by atoms with Gasteiger partial charge in [-0.25, -0.2) is 0 Å². The molecule has 1 aliphatic rings. The number of hydrogen-bond donors (Lipinski definition) is 1. The average molecular weight is 352 g/mol. The number of nitrogens with one attached hydrogen (secondary N) is 1. The topological polar surface area (TPSA) is 46.1 Å². The molecule has 5 nitrogen and oxygen atoms in total. The van der Waals surface area contributed by atoms with Crippen LogP contribution in [0.25, 0.3) is 10.9 Å². The van der Waals surface area contributed by atoms with E-state index in [0.29, 0.717) is 0 Å². The highest BCUT2D eigenvalue weighted by atomic mass is 16.5. The summed E-state index contributed by atoms with van der Waals surface area (Å²) in [4.78, 5) is 2.36. The first-order valence-corrected chi connectivity index (χ1v) is 9.59. The molecule has 0 amide bonds. The maximum Gasteiger partial charge on any atom is 0.119 e. The second-order valence-electron chi connectivity index (χ2n) is 7.33. The van der Waals surface area contributed by atoms with Crippen molar-refractivity contribution in [1.29, 1.82) is 0 Å². The lowest BCUT2D eigenvalue weighted by molar-refractivity contribution is 0.314. The highest BCUT2D eigenvalue weighted by molar-refractivity contribution is 5.85. The molecule has 1 aromatic carbocycles. The molecule has 0 unspecified atom stereocenters. The smallest absolute Gasteiger partial charge is 0.119 e. The van der Waals surface area contributed by atoms with Crippen LogP contribution in [0.4, 0.5) is 0 Å². The lowest BCUT2D eigenvalue weighted by atomic mass is 9.96. The zero-order valence-electron chi connectivity index (χ0n) is 16.0. The van der Waals surface area contributed by atoms with Crippen molar-refractivity contribution in [3.63, 3.8) is 0 Å². The quantitative estimate of drug-likeness (QED) is 0.732. The fourth-order valence-electron chi connectivity index (χ4n) is 4.15. The SMILES string of the molecule is CCn1cc(CN(C)Cc2n[nH]c3c2CCCC3)c2cc(OC)ccc21. The second kappa shape index (κ2) is 7.16. The molecule has 5 heteroatoms. The van der Waals surface area contributed by atoms with E-state index in [1.165, 1.54) is 52.7 Å². The molecule has 2 heterocycles. The van der Waals surface area contributed by atoms with Gasteiger partial charge in [0.05, 0.1) is 12.8 Å². The first-order chi connectivity index (χ1) is 12.7. The van der Waals surface area contributed by atoms with Crippen LogP contribution < -0.4 is 4.74 Å². The van der Waals surface area contributed by atoms with Crippen LogP contribution in [0.3, 0.4) is 0 Å². The van der Waals surface area contributed by atoms with E-state index in [1.807, 2.05) is 6.07 Å². The Balaban J connectivity index is 1.57. The molecule has 0 spiro atoms. The van der Waals surface area contributed by atoms with E-state index in [4.69, 9.17) is 4.74 Å². The second-order valence-corrected chi connectivity index (χ2v) is 7.33. The van der Waals surface area contributed by atoms with E-state index in [1.54, 1.807) is 7.11 Å². The Morgan fingerprint density at radius 3 is 2.88 bits per heavy atom. The maximum absolute atomic E-state index is 5.44. The minimum Gasteiger partial charge on any atom is -0.497 e.